The fraction of sp³-hybridized carbons (Fsp3) is 0.364. The summed E-state index contributed by atoms with van der Waals surface area (Å²) in [4.78, 5) is 29.2. The van der Waals surface area contributed by atoms with Gasteiger partial charge >= 0.3 is 6.61 Å². The SMILES string of the molecule is Cc1ccc(N(CC(=O)N2CCCCC2)C(=O)c2cccc(OC(F)F)c2)cc1. The predicted molar refractivity (Wildman–Crippen MR) is 106 cm³/mol. The van der Waals surface area contributed by atoms with E-state index in [2.05, 4.69) is 4.74 Å². The summed E-state index contributed by atoms with van der Waals surface area (Å²) in [5.41, 5.74) is 1.78. The van der Waals surface area contributed by atoms with Gasteiger partial charge < -0.3 is 9.64 Å². The second-order valence-corrected chi connectivity index (χ2v) is 7.07. The van der Waals surface area contributed by atoms with Gasteiger partial charge in [-0.15, -0.1) is 0 Å². The summed E-state index contributed by atoms with van der Waals surface area (Å²) in [5, 5.41) is 0. The van der Waals surface area contributed by atoms with Gasteiger partial charge in [-0.2, -0.15) is 8.78 Å². The van der Waals surface area contributed by atoms with E-state index in [0.717, 1.165) is 24.8 Å². The molecule has 0 radical (unpaired) electrons. The number of rotatable bonds is 6. The molecule has 1 saturated heterocycles. The Bertz CT molecular complexity index is 849. The summed E-state index contributed by atoms with van der Waals surface area (Å²) in [7, 11) is 0. The standard InChI is InChI=1S/C22H24F2N2O3/c1-16-8-10-18(11-9-16)26(15-20(27)25-12-3-2-4-13-25)21(28)17-6-5-7-19(14-17)29-22(23)24/h5-11,14,22H,2-4,12-13,15H2,1H3. The Morgan fingerprint density at radius 2 is 1.76 bits per heavy atom. The average molecular weight is 402 g/mol. The van der Waals surface area contributed by atoms with E-state index in [9.17, 15) is 18.4 Å². The quantitative estimate of drug-likeness (QED) is 0.726. The number of halogens is 2. The molecule has 0 atom stereocenters. The molecule has 154 valence electrons. The van der Waals surface area contributed by atoms with Crippen molar-refractivity contribution in [3.05, 3.63) is 59.7 Å². The molecule has 1 fully saturated rings. The number of aryl methyl sites for hydroxylation is 1. The molecule has 3 rings (SSSR count). The Morgan fingerprint density at radius 1 is 1.07 bits per heavy atom. The number of alkyl halides is 2. The first kappa shape index (κ1) is 20.8. The molecule has 1 heterocycles. The molecule has 0 N–H and O–H groups in total. The molecule has 29 heavy (non-hydrogen) atoms. The van der Waals surface area contributed by atoms with Gasteiger partial charge in [0.25, 0.3) is 5.91 Å². The number of ether oxygens (including phenoxy) is 1. The Labute approximate surface area is 168 Å². The number of piperidine rings is 1. The van der Waals surface area contributed by atoms with Gasteiger partial charge in [0.1, 0.15) is 12.3 Å². The zero-order chi connectivity index (χ0) is 20.8. The minimum Gasteiger partial charge on any atom is -0.435 e. The topological polar surface area (TPSA) is 49.9 Å². The Morgan fingerprint density at radius 3 is 2.41 bits per heavy atom. The molecule has 0 saturated carbocycles. The highest BCUT2D eigenvalue weighted by atomic mass is 19.3. The van der Waals surface area contributed by atoms with Crippen LogP contribution in [0.25, 0.3) is 0 Å². The summed E-state index contributed by atoms with van der Waals surface area (Å²) in [5.74, 6) is -0.672. The van der Waals surface area contributed by atoms with Crippen LogP contribution in [0.4, 0.5) is 14.5 Å². The van der Waals surface area contributed by atoms with Gasteiger partial charge in [-0.3, -0.25) is 14.5 Å². The lowest BCUT2D eigenvalue weighted by atomic mass is 10.1. The molecule has 2 amide bonds. The van der Waals surface area contributed by atoms with Crippen LogP contribution in [-0.4, -0.2) is 43.0 Å². The molecule has 2 aromatic rings. The first-order valence-electron chi connectivity index (χ1n) is 9.65. The highest BCUT2D eigenvalue weighted by Gasteiger charge is 2.25. The summed E-state index contributed by atoms with van der Waals surface area (Å²) in [6.07, 6.45) is 3.01. The second kappa shape index (κ2) is 9.49. The van der Waals surface area contributed by atoms with Crippen molar-refractivity contribution in [2.45, 2.75) is 32.8 Å². The minimum absolute atomic E-state index is 0.0999. The molecule has 0 unspecified atom stereocenters. The summed E-state index contributed by atoms with van der Waals surface area (Å²) in [6, 6.07) is 12.9. The van der Waals surface area contributed by atoms with Crippen LogP contribution in [0.2, 0.25) is 0 Å². The van der Waals surface area contributed by atoms with Gasteiger partial charge in [0.15, 0.2) is 0 Å². The molecule has 0 aromatic heterocycles. The van der Waals surface area contributed by atoms with E-state index in [-0.39, 0.29) is 23.8 Å². The lowest BCUT2D eigenvalue weighted by Crippen LogP contribution is -2.45. The average Bonchev–Trinajstić information content (AvgIpc) is 2.72. The number of carbonyl (C=O) groups is 2. The first-order valence-corrected chi connectivity index (χ1v) is 9.65. The molecule has 2 aromatic carbocycles. The van der Waals surface area contributed by atoms with E-state index < -0.39 is 12.5 Å². The van der Waals surface area contributed by atoms with E-state index >= 15 is 0 Å². The lowest BCUT2D eigenvalue weighted by Gasteiger charge is -2.30. The van der Waals surface area contributed by atoms with Crippen LogP contribution in [0.5, 0.6) is 5.75 Å². The van der Waals surface area contributed by atoms with E-state index in [1.54, 1.807) is 17.0 Å². The number of carbonyl (C=O) groups excluding carboxylic acids is 2. The van der Waals surface area contributed by atoms with Crippen LogP contribution in [0.3, 0.4) is 0 Å². The van der Waals surface area contributed by atoms with Gasteiger partial charge in [-0.25, -0.2) is 0 Å². The molecule has 0 bridgehead atoms. The van der Waals surface area contributed by atoms with Crippen molar-refractivity contribution in [1.82, 2.24) is 4.90 Å². The van der Waals surface area contributed by atoms with Crippen molar-refractivity contribution in [1.29, 1.82) is 0 Å². The monoisotopic (exact) mass is 402 g/mol. The summed E-state index contributed by atoms with van der Waals surface area (Å²) >= 11 is 0. The third-order valence-corrected chi connectivity index (χ3v) is 4.90. The molecule has 1 aliphatic heterocycles. The fourth-order valence-electron chi connectivity index (χ4n) is 3.34. The normalized spacial score (nSPS) is 14.0. The number of anilines is 1. The van der Waals surface area contributed by atoms with Crippen LogP contribution in [0, 0.1) is 6.92 Å². The zero-order valence-corrected chi connectivity index (χ0v) is 16.3. The molecular formula is C22H24F2N2O3. The van der Waals surface area contributed by atoms with Gasteiger partial charge in [0.2, 0.25) is 5.91 Å². The molecule has 0 spiro atoms. The van der Waals surface area contributed by atoms with Crippen LogP contribution in [0.1, 0.15) is 35.2 Å². The minimum atomic E-state index is -2.98. The number of benzene rings is 2. The Kier molecular flexibility index (Phi) is 6.80. The molecule has 1 aliphatic rings. The molecule has 0 aliphatic carbocycles. The van der Waals surface area contributed by atoms with Crippen LogP contribution in [0.15, 0.2) is 48.5 Å². The number of amides is 2. The highest BCUT2D eigenvalue weighted by molar-refractivity contribution is 6.08. The maximum atomic E-state index is 13.2. The van der Waals surface area contributed by atoms with Gasteiger partial charge in [0.05, 0.1) is 0 Å². The van der Waals surface area contributed by atoms with Crippen molar-refractivity contribution in [3.63, 3.8) is 0 Å². The third-order valence-electron chi connectivity index (χ3n) is 4.90. The zero-order valence-electron chi connectivity index (χ0n) is 16.3. The van der Waals surface area contributed by atoms with E-state index in [1.165, 1.54) is 29.2 Å². The smallest absolute Gasteiger partial charge is 0.387 e. The summed E-state index contributed by atoms with van der Waals surface area (Å²) < 4.78 is 29.5. The second-order valence-electron chi connectivity index (χ2n) is 7.07. The predicted octanol–water partition coefficient (Wildman–Crippen LogP) is 4.26. The number of likely N-dealkylation sites (tertiary alicyclic amines) is 1. The van der Waals surface area contributed by atoms with E-state index in [1.807, 2.05) is 19.1 Å². The number of hydrogen-bond donors (Lipinski definition) is 0. The lowest BCUT2D eigenvalue weighted by molar-refractivity contribution is -0.130. The molecule has 7 heteroatoms. The van der Waals surface area contributed by atoms with E-state index in [0.29, 0.717) is 18.8 Å². The van der Waals surface area contributed by atoms with Crippen molar-refractivity contribution in [3.8, 4) is 5.75 Å². The van der Waals surface area contributed by atoms with Crippen molar-refractivity contribution >= 4 is 17.5 Å². The van der Waals surface area contributed by atoms with Crippen LogP contribution in [-0.2, 0) is 4.79 Å². The number of hydrogen-bond acceptors (Lipinski definition) is 3. The van der Waals surface area contributed by atoms with Crippen molar-refractivity contribution in [2.24, 2.45) is 0 Å². The first-order chi connectivity index (χ1) is 13.9. The summed E-state index contributed by atoms with van der Waals surface area (Å²) in [6.45, 7) is 0.218. The molecular weight excluding hydrogens is 378 g/mol. The van der Waals surface area contributed by atoms with Gasteiger partial charge in [-0.05, 0) is 56.5 Å². The number of nitrogens with zero attached hydrogens (tertiary/aromatic N) is 2. The Balaban J connectivity index is 1.86. The van der Waals surface area contributed by atoms with Crippen molar-refractivity contribution in [2.75, 3.05) is 24.5 Å². The third kappa shape index (κ3) is 5.53. The maximum Gasteiger partial charge on any atom is 0.387 e. The Hall–Kier alpha value is -2.96. The highest BCUT2D eigenvalue weighted by Crippen LogP contribution is 2.22. The van der Waals surface area contributed by atoms with Gasteiger partial charge in [-0.1, -0.05) is 23.8 Å². The molecule has 5 nitrogen and oxygen atoms in total. The van der Waals surface area contributed by atoms with Crippen LogP contribution >= 0.6 is 0 Å². The van der Waals surface area contributed by atoms with E-state index in [4.69, 9.17) is 0 Å². The largest absolute Gasteiger partial charge is 0.435 e. The maximum absolute atomic E-state index is 13.2. The van der Waals surface area contributed by atoms with Crippen LogP contribution < -0.4 is 9.64 Å². The fourth-order valence-corrected chi connectivity index (χ4v) is 3.34. The van der Waals surface area contributed by atoms with Crippen molar-refractivity contribution < 1.29 is 23.1 Å². The van der Waals surface area contributed by atoms with Gasteiger partial charge in [0, 0.05) is 24.3 Å².